The first-order chi connectivity index (χ1) is 39.6. The van der Waals surface area contributed by atoms with E-state index in [1.807, 2.05) is 21.1 Å². The van der Waals surface area contributed by atoms with Crippen molar-refractivity contribution in [2.45, 2.75) is 283 Å². The number of esters is 2. The molecule has 0 aliphatic heterocycles. The van der Waals surface area contributed by atoms with Gasteiger partial charge in [0, 0.05) is 12.8 Å². The maximum atomic E-state index is 12.9. The molecule has 0 saturated carbocycles. The molecule has 0 aliphatic rings. The summed E-state index contributed by atoms with van der Waals surface area (Å²) in [6, 6.07) is 0. The van der Waals surface area contributed by atoms with Gasteiger partial charge >= 0.3 is 17.9 Å². The van der Waals surface area contributed by atoms with E-state index >= 15 is 0 Å². The van der Waals surface area contributed by atoms with Gasteiger partial charge in [0.05, 0.1) is 34.4 Å². The summed E-state index contributed by atoms with van der Waals surface area (Å²) in [6.45, 7) is 4.66. The van der Waals surface area contributed by atoms with E-state index in [-0.39, 0.29) is 32.2 Å². The average molecular weight is 1130 g/mol. The number of hydrogen-bond donors (Lipinski definition) is 1. The summed E-state index contributed by atoms with van der Waals surface area (Å²) < 4.78 is 23.0. The lowest BCUT2D eigenvalue weighted by Crippen LogP contribution is -2.40. The van der Waals surface area contributed by atoms with E-state index in [0.29, 0.717) is 23.9 Å². The van der Waals surface area contributed by atoms with Gasteiger partial charge in [0.15, 0.2) is 6.10 Å². The number of rotatable bonds is 60. The molecule has 2 unspecified atom stereocenters. The number of unbranched alkanes of at least 4 members (excludes halogenated alkanes) is 27. The van der Waals surface area contributed by atoms with Crippen molar-refractivity contribution >= 4 is 17.9 Å². The Morgan fingerprint density at radius 3 is 0.988 bits per heavy atom. The van der Waals surface area contributed by atoms with E-state index < -0.39 is 24.3 Å². The molecule has 0 aromatic rings. The van der Waals surface area contributed by atoms with Crippen LogP contribution in [0.2, 0.25) is 0 Å². The maximum Gasteiger partial charge on any atom is 0.361 e. The van der Waals surface area contributed by atoms with Crippen LogP contribution in [0.1, 0.15) is 271 Å². The fourth-order valence-corrected chi connectivity index (χ4v) is 9.03. The average Bonchev–Trinajstić information content (AvgIpc) is 3.44. The van der Waals surface area contributed by atoms with Gasteiger partial charge in [-0.25, -0.2) is 4.79 Å². The van der Waals surface area contributed by atoms with Gasteiger partial charge in [-0.3, -0.25) is 9.59 Å². The Balaban J connectivity index is 4.15. The lowest BCUT2D eigenvalue weighted by atomic mass is 10.0. The van der Waals surface area contributed by atoms with Gasteiger partial charge in [0.2, 0.25) is 0 Å². The van der Waals surface area contributed by atoms with Crippen LogP contribution in [0.25, 0.3) is 0 Å². The van der Waals surface area contributed by atoms with Crippen molar-refractivity contribution in [3.63, 3.8) is 0 Å². The molecular weight excluding hydrogens is 1010 g/mol. The van der Waals surface area contributed by atoms with Gasteiger partial charge in [-0.2, -0.15) is 0 Å². The standard InChI is InChI=1S/C72H123NO8/c1-6-8-10-12-14-16-18-20-22-24-26-28-30-32-33-34-35-36-37-39-40-42-44-46-48-50-52-54-56-58-60-62-69(74)79-66-68(67-80-72(71(76)77)78-65-64-73(3,4)5)81-70(75)63-61-59-57-55-53-51-49-47-45-43-41-38-31-29-27-25-23-21-19-17-15-13-11-9-7-2/h8-11,14-17,20-23,26-29,38,41,68,72H,6-7,12-13,18-19,24-25,30-37,39-40,42-67H2,1-5H3/p+1/b10-8-,11-9-,16-14-,17-15-,22-20-,23-21-,28-26-,29-27-,41-38-. The predicted molar refractivity (Wildman–Crippen MR) is 345 cm³/mol. The lowest BCUT2D eigenvalue weighted by Gasteiger charge is -2.25. The summed E-state index contributed by atoms with van der Waals surface area (Å²) in [7, 11) is 5.97. The minimum absolute atomic E-state index is 0.183. The minimum Gasteiger partial charge on any atom is -0.477 e. The molecule has 81 heavy (non-hydrogen) atoms. The van der Waals surface area contributed by atoms with Crippen LogP contribution in [0.15, 0.2) is 109 Å². The van der Waals surface area contributed by atoms with Crippen LogP contribution in [-0.4, -0.2) is 87.4 Å². The van der Waals surface area contributed by atoms with Gasteiger partial charge < -0.3 is 28.5 Å². The molecule has 0 amide bonds. The van der Waals surface area contributed by atoms with Crippen LogP contribution in [0.5, 0.6) is 0 Å². The number of carbonyl (C=O) groups is 3. The van der Waals surface area contributed by atoms with E-state index in [4.69, 9.17) is 18.9 Å². The number of carboxylic acids is 1. The zero-order valence-corrected chi connectivity index (χ0v) is 52.9. The Bertz CT molecular complexity index is 1700. The molecule has 0 fully saturated rings. The summed E-state index contributed by atoms with van der Waals surface area (Å²) in [6.07, 6.45) is 83.3. The zero-order chi connectivity index (χ0) is 59.1. The summed E-state index contributed by atoms with van der Waals surface area (Å²) in [4.78, 5) is 37.6. The predicted octanol–water partition coefficient (Wildman–Crippen LogP) is 20.2. The molecular formula is C72H124NO8+. The van der Waals surface area contributed by atoms with Crippen LogP contribution < -0.4 is 0 Å². The second-order valence-corrected chi connectivity index (χ2v) is 23.0. The molecule has 0 aromatic carbocycles. The topological polar surface area (TPSA) is 108 Å². The van der Waals surface area contributed by atoms with Gasteiger partial charge in [-0.15, -0.1) is 0 Å². The molecule has 2 atom stereocenters. The Labute approximate surface area is 498 Å². The third-order valence-corrected chi connectivity index (χ3v) is 14.0. The molecule has 0 rings (SSSR count). The van der Waals surface area contributed by atoms with Crippen LogP contribution in [-0.2, 0) is 33.3 Å². The Kier molecular flexibility index (Phi) is 58.9. The smallest absolute Gasteiger partial charge is 0.361 e. The Hall–Kier alpha value is -4.05. The molecule has 0 heterocycles. The highest BCUT2D eigenvalue weighted by atomic mass is 16.7. The van der Waals surface area contributed by atoms with Crippen LogP contribution in [0.4, 0.5) is 0 Å². The van der Waals surface area contributed by atoms with Crippen molar-refractivity contribution < 1.29 is 42.9 Å². The van der Waals surface area contributed by atoms with Crippen LogP contribution in [0, 0.1) is 0 Å². The van der Waals surface area contributed by atoms with Gasteiger partial charge in [-0.05, 0) is 96.3 Å². The monoisotopic (exact) mass is 1130 g/mol. The molecule has 0 bridgehead atoms. The minimum atomic E-state index is -1.52. The van der Waals surface area contributed by atoms with Crippen molar-refractivity contribution in [3.05, 3.63) is 109 Å². The zero-order valence-electron chi connectivity index (χ0n) is 52.9. The third-order valence-electron chi connectivity index (χ3n) is 14.0. The van der Waals surface area contributed by atoms with E-state index in [1.54, 1.807) is 0 Å². The normalized spacial score (nSPS) is 13.4. The van der Waals surface area contributed by atoms with Crippen molar-refractivity contribution in [2.75, 3.05) is 47.5 Å². The van der Waals surface area contributed by atoms with Crippen LogP contribution >= 0.6 is 0 Å². The van der Waals surface area contributed by atoms with Gasteiger partial charge in [0.25, 0.3) is 6.29 Å². The number of carbonyl (C=O) groups excluding carboxylic acids is 2. The quantitative estimate of drug-likeness (QED) is 0.0211. The third kappa shape index (κ3) is 63.4. The number of nitrogens with zero attached hydrogens (tertiary/aromatic N) is 1. The first-order valence-electron chi connectivity index (χ1n) is 33.1. The fourth-order valence-electron chi connectivity index (χ4n) is 9.03. The molecule has 0 spiro atoms. The molecule has 9 nitrogen and oxygen atoms in total. The molecule has 0 aliphatic carbocycles. The second kappa shape index (κ2) is 62.0. The van der Waals surface area contributed by atoms with Crippen molar-refractivity contribution in [3.8, 4) is 0 Å². The molecule has 9 heteroatoms. The highest BCUT2D eigenvalue weighted by molar-refractivity contribution is 5.71. The van der Waals surface area contributed by atoms with E-state index in [1.165, 1.54) is 135 Å². The molecule has 464 valence electrons. The summed E-state index contributed by atoms with van der Waals surface area (Å²) >= 11 is 0. The molecule has 0 aromatic heterocycles. The molecule has 1 N–H and O–H groups in total. The summed E-state index contributed by atoms with van der Waals surface area (Å²) in [5.41, 5.74) is 0. The number of quaternary nitrogens is 1. The van der Waals surface area contributed by atoms with E-state index in [0.717, 1.165) is 103 Å². The number of ether oxygens (including phenoxy) is 4. The Morgan fingerprint density at radius 2 is 0.667 bits per heavy atom. The highest BCUT2D eigenvalue weighted by Crippen LogP contribution is 2.17. The number of allylic oxidation sites excluding steroid dienone is 18. The summed E-state index contributed by atoms with van der Waals surface area (Å²) in [5, 5.41) is 9.74. The molecule has 0 radical (unpaired) electrons. The summed E-state index contributed by atoms with van der Waals surface area (Å²) in [5.74, 6) is -2.01. The van der Waals surface area contributed by atoms with Crippen molar-refractivity contribution in [2.24, 2.45) is 0 Å². The van der Waals surface area contributed by atoms with E-state index in [9.17, 15) is 19.5 Å². The van der Waals surface area contributed by atoms with E-state index in [2.05, 4.69) is 123 Å². The van der Waals surface area contributed by atoms with Gasteiger partial charge in [0.1, 0.15) is 13.2 Å². The van der Waals surface area contributed by atoms with Crippen molar-refractivity contribution in [1.82, 2.24) is 0 Å². The van der Waals surface area contributed by atoms with Crippen LogP contribution in [0.3, 0.4) is 0 Å². The number of carboxylic acid groups (broad SMARTS) is 1. The van der Waals surface area contributed by atoms with Crippen molar-refractivity contribution in [1.29, 1.82) is 0 Å². The Morgan fingerprint density at radius 1 is 0.370 bits per heavy atom. The number of hydrogen-bond acceptors (Lipinski definition) is 7. The fraction of sp³-hybridized carbons (Fsp3) is 0.708. The lowest BCUT2D eigenvalue weighted by molar-refractivity contribution is -0.870. The number of likely N-dealkylation sites (N-methyl/N-ethyl adjacent to an activating group) is 1. The molecule has 0 saturated heterocycles. The van der Waals surface area contributed by atoms with Gasteiger partial charge in [-0.1, -0.05) is 271 Å². The first-order valence-corrected chi connectivity index (χ1v) is 33.1. The number of aliphatic carboxylic acids is 1. The maximum absolute atomic E-state index is 12.9. The first kappa shape index (κ1) is 77.0. The second-order valence-electron chi connectivity index (χ2n) is 23.0. The highest BCUT2D eigenvalue weighted by Gasteiger charge is 2.25. The SMILES string of the molecule is CC/C=C\C/C=C\C/C=C\C/C=C\C/C=C\CCCCCCCCCCCC(=O)OC(COC(=O)CCCCCCCCCCCCCCCCCCCC/C=C\C/C=C\C/C=C\C/C=C\CC)COC(OCC[N+](C)(C)C)C(=O)O. The largest absolute Gasteiger partial charge is 0.477 e.